The zero-order valence-electron chi connectivity index (χ0n) is 14.1. The average Bonchev–Trinajstić information content (AvgIpc) is 2.60. The summed E-state index contributed by atoms with van der Waals surface area (Å²) in [6, 6.07) is 14.9. The standard InChI is InChI=1S/C20H23O3P/c1-3-5-7-17-9-13-19(14-10-17)22-24(21)23-20-15-11-18(12-16-20)8-6-4-2/h5-16,24H,3-4H2,1-2H3. The zero-order valence-corrected chi connectivity index (χ0v) is 15.1. The van der Waals surface area contributed by atoms with Gasteiger partial charge < -0.3 is 9.05 Å². The lowest BCUT2D eigenvalue weighted by Gasteiger charge is -2.08. The van der Waals surface area contributed by atoms with Crippen molar-refractivity contribution in [3.8, 4) is 11.5 Å². The van der Waals surface area contributed by atoms with E-state index in [1.165, 1.54) is 0 Å². The molecule has 0 aromatic heterocycles. The third-order valence-electron chi connectivity index (χ3n) is 3.25. The lowest BCUT2D eigenvalue weighted by atomic mass is 10.2. The second-order valence-electron chi connectivity index (χ2n) is 5.21. The molecule has 0 bridgehead atoms. The molecule has 0 amide bonds. The van der Waals surface area contributed by atoms with E-state index in [0.717, 1.165) is 24.0 Å². The number of hydrogen-bond donors (Lipinski definition) is 0. The largest absolute Gasteiger partial charge is 0.418 e. The molecule has 0 spiro atoms. The average molecular weight is 342 g/mol. The lowest BCUT2D eigenvalue weighted by Crippen LogP contribution is -1.89. The van der Waals surface area contributed by atoms with Gasteiger partial charge in [-0.05, 0) is 48.2 Å². The van der Waals surface area contributed by atoms with Gasteiger partial charge in [-0.1, -0.05) is 62.4 Å². The van der Waals surface area contributed by atoms with E-state index in [2.05, 4.69) is 26.0 Å². The minimum Gasteiger partial charge on any atom is -0.418 e. The van der Waals surface area contributed by atoms with Gasteiger partial charge in [0, 0.05) is 0 Å². The Kier molecular flexibility index (Phi) is 7.38. The Bertz CT molecular complexity index is 639. The Morgan fingerprint density at radius 3 is 1.46 bits per heavy atom. The van der Waals surface area contributed by atoms with Crippen LogP contribution >= 0.6 is 8.25 Å². The summed E-state index contributed by atoms with van der Waals surface area (Å²) in [6.45, 7) is 4.17. The highest BCUT2D eigenvalue weighted by Gasteiger charge is 2.04. The van der Waals surface area contributed by atoms with Gasteiger partial charge in [-0.2, -0.15) is 0 Å². The topological polar surface area (TPSA) is 35.5 Å². The van der Waals surface area contributed by atoms with Gasteiger partial charge in [-0.25, -0.2) is 4.57 Å². The van der Waals surface area contributed by atoms with Crippen LogP contribution in [0.2, 0.25) is 0 Å². The molecule has 0 unspecified atom stereocenters. The van der Waals surface area contributed by atoms with Crippen LogP contribution in [0.4, 0.5) is 0 Å². The molecule has 3 nitrogen and oxygen atoms in total. The Hall–Kier alpha value is -2.25. The maximum Gasteiger partial charge on any atom is 0.418 e. The quantitative estimate of drug-likeness (QED) is 0.522. The predicted molar refractivity (Wildman–Crippen MR) is 102 cm³/mol. The number of benzene rings is 2. The number of hydrogen-bond acceptors (Lipinski definition) is 3. The first-order valence-corrected chi connectivity index (χ1v) is 9.36. The fourth-order valence-corrected chi connectivity index (χ4v) is 2.71. The fourth-order valence-electron chi connectivity index (χ4n) is 2.02. The van der Waals surface area contributed by atoms with Crippen molar-refractivity contribution in [1.82, 2.24) is 0 Å². The van der Waals surface area contributed by atoms with Crippen molar-refractivity contribution >= 4 is 20.4 Å². The van der Waals surface area contributed by atoms with Crippen LogP contribution in [0.15, 0.2) is 60.7 Å². The van der Waals surface area contributed by atoms with E-state index in [1.54, 1.807) is 24.3 Å². The summed E-state index contributed by atoms with van der Waals surface area (Å²) < 4.78 is 22.7. The van der Waals surface area contributed by atoms with Crippen molar-refractivity contribution in [2.45, 2.75) is 26.7 Å². The summed E-state index contributed by atoms with van der Waals surface area (Å²) in [5.41, 5.74) is 2.17. The molecule has 0 radical (unpaired) electrons. The van der Waals surface area contributed by atoms with E-state index < -0.39 is 8.25 Å². The van der Waals surface area contributed by atoms with E-state index in [9.17, 15) is 4.57 Å². The van der Waals surface area contributed by atoms with Crippen molar-refractivity contribution in [1.29, 1.82) is 0 Å². The van der Waals surface area contributed by atoms with Gasteiger partial charge in [-0.15, -0.1) is 0 Å². The highest BCUT2D eigenvalue weighted by molar-refractivity contribution is 7.34. The minimum absolute atomic E-state index is 0.537. The molecular formula is C20H23O3P. The molecule has 0 aliphatic rings. The van der Waals surface area contributed by atoms with Gasteiger partial charge >= 0.3 is 8.25 Å². The third kappa shape index (κ3) is 6.10. The van der Waals surface area contributed by atoms with Crippen LogP contribution in [0.3, 0.4) is 0 Å². The predicted octanol–water partition coefficient (Wildman–Crippen LogP) is 6.38. The van der Waals surface area contributed by atoms with E-state index in [-0.39, 0.29) is 0 Å². The summed E-state index contributed by atoms with van der Waals surface area (Å²) >= 11 is 0. The molecule has 0 saturated carbocycles. The third-order valence-corrected chi connectivity index (χ3v) is 4.06. The summed E-state index contributed by atoms with van der Waals surface area (Å²) in [5.74, 6) is 1.07. The molecule has 0 fully saturated rings. The van der Waals surface area contributed by atoms with Crippen LogP contribution in [0.25, 0.3) is 12.2 Å². The molecule has 4 heteroatoms. The molecular weight excluding hydrogens is 319 g/mol. The van der Waals surface area contributed by atoms with Gasteiger partial charge in [0.1, 0.15) is 11.5 Å². The van der Waals surface area contributed by atoms with Crippen LogP contribution in [0, 0.1) is 0 Å². The molecule has 0 N–H and O–H groups in total. The van der Waals surface area contributed by atoms with E-state index in [0.29, 0.717) is 11.5 Å². The molecule has 0 atom stereocenters. The second kappa shape index (κ2) is 9.79. The van der Waals surface area contributed by atoms with Gasteiger partial charge in [0.05, 0.1) is 0 Å². The number of allylic oxidation sites excluding steroid dienone is 2. The van der Waals surface area contributed by atoms with Crippen molar-refractivity contribution in [2.75, 3.05) is 0 Å². The maximum absolute atomic E-state index is 12.0. The van der Waals surface area contributed by atoms with Gasteiger partial charge in [0.2, 0.25) is 0 Å². The Balaban J connectivity index is 1.90. The molecule has 0 saturated heterocycles. The van der Waals surface area contributed by atoms with Crippen LogP contribution in [-0.2, 0) is 4.57 Å². The zero-order chi connectivity index (χ0) is 17.2. The second-order valence-corrected chi connectivity index (χ2v) is 6.12. The van der Waals surface area contributed by atoms with Crippen LogP contribution in [0.5, 0.6) is 11.5 Å². The monoisotopic (exact) mass is 342 g/mol. The molecule has 2 aromatic carbocycles. The number of rotatable bonds is 8. The van der Waals surface area contributed by atoms with Crippen molar-refractivity contribution in [3.63, 3.8) is 0 Å². The normalized spacial score (nSPS) is 12.6. The Morgan fingerprint density at radius 2 is 1.12 bits per heavy atom. The van der Waals surface area contributed by atoms with Gasteiger partial charge in [-0.3, -0.25) is 0 Å². The minimum atomic E-state index is -2.64. The molecule has 126 valence electrons. The first-order valence-electron chi connectivity index (χ1n) is 8.14. The molecule has 0 aliphatic carbocycles. The Morgan fingerprint density at radius 1 is 0.750 bits per heavy atom. The van der Waals surface area contributed by atoms with Crippen molar-refractivity contribution in [2.24, 2.45) is 0 Å². The maximum atomic E-state index is 12.0. The SMILES string of the molecule is CCC=Cc1ccc(O[PH](=O)Oc2ccc(C=CCC)cc2)cc1. The lowest BCUT2D eigenvalue weighted by molar-refractivity contribution is 0.415. The van der Waals surface area contributed by atoms with Crippen LogP contribution < -0.4 is 9.05 Å². The van der Waals surface area contributed by atoms with Gasteiger partial charge in [0.25, 0.3) is 0 Å². The highest BCUT2D eigenvalue weighted by atomic mass is 31.1. The van der Waals surface area contributed by atoms with Crippen LogP contribution in [-0.4, -0.2) is 0 Å². The van der Waals surface area contributed by atoms with E-state index in [4.69, 9.17) is 9.05 Å². The van der Waals surface area contributed by atoms with Crippen molar-refractivity contribution in [3.05, 3.63) is 71.8 Å². The molecule has 2 aromatic rings. The highest BCUT2D eigenvalue weighted by Crippen LogP contribution is 2.30. The summed E-state index contributed by atoms with van der Waals surface area (Å²) in [7, 11) is -2.64. The first-order chi connectivity index (χ1) is 11.7. The molecule has 0 aliphatic heterocycles. The van der Waals surface area contributed by atoms with E-state index >= 15 is 0 Å². The molecule has 24 heavy (non-hydrogen) atoms. The smallest absolute Gasteiger partial charge is 0.418 e. The summed E-state index contributed by atoms with van der Waals surface area (Å²) in [5, 5.41) is 0. The summed E-state index contributed by atoms with van der Waals surface area (Å²) in [4.78, 5) is 0. The van der Waals surface area contributed by atoms with Crippen LogP contribution in [0.1, 0.15) is 37.8 Å². The molecule has 2 rings (SSSR count). The van der Waals surface area contributed by atoms with Gasteiger partial charge in [0.15, 0.2) is 0 Å². The fraction of sp³-hybridized carbons (Fsp3) is 0.200. The summed E-state index contributed by atoms with van der Waals surface area (Å²) in [6.07, 6.45) is 10.2. The molecule has 0 heterocycles. The van der Waals surface area contributed by atoms with Crippen molar-refractivity contribution < 1.29 is 13.6 Å². The first kappa shape index (κ1) is 18.1. The van der Waals surface area contributed by atoms with E-state index in [1.807, 2.05) is 36.4 Å². The Labute approximate surface area is 144 Å².